The maximum Gasteiger partial charge on any atom is 0.0715 e. The first kappa shape index (κ1) is 18.8. The number of aliphatic imine (C=N–C) groups is 1. The van der Waals surface area contributed by atoms with Crippen LogP contribution in [0.2, 0.25) is 0 Å². The first-order valence-electron chi connectivity index (χ1n) is 8.95. The number of aryl methyl sites for hydroxylation is 1. The summed E-state index contributed by atoms with van der Waals surface area (Å²) >= 11 is 0. The number of nitrogens with zero attached hydrogens (tertiary/aromatic N) is 1. The topological polar surface area (TPSA) is 28.1 Å². The van der Waals surface area contributed by atoms with E-state index in [1.807, 2.05) is 0 Å². The average molecular weight is 327 g/mol. The molecule has 0 saturated carbocycles. The number of aromatic nitrogens is 1. The van der Waals surface area contributed by atoms with E-state index >= 15 is 0 Å². The summed E-state index contributed by atoms with van der Waals surface area (Å²) in [7, 11) is 0. The van der Waals surface area contributed by atoms with Crippen LogP contribution in [-0.4, -0.2) is 10.7 Å². The minimum atomic E-state index is 0.122. The monoisotopic (exact) mass is 326 g/mol. The van der Waals surface area contributed by atoms with Crippen LogP contribution in [0.3, 0.4) is 0 Å². The van der Waals surface area contributed by atoms with Crippen molar-refractivity contribution in [3.63, 3.8) is 0 Å². The number of hydrogen-bond acceptors (Lipinski definition) is 1. The fourth-order valence-corrected chi connectivity index (χ4v) is 4.54. The highest BCUT2D eigenvalue weighted by Crippen LogP contribution is 2.41. The standard InChI is InChI=1S/C22H34N2/c1-12-17(21(6,7)8)15(4)23-19(12)14(3)20-13(2)18(16(5)24-20)22(9,10)11/h23H,1-11H3/b20-14+. The van der Waals surface area contributed by atoms with Gasteiger partial charge < -0.3 is 4.98 Å². The fraction of sp³-hybridized carbons (Fsp3) is 0.591. The first-order chi connectivity index (χ1) is 10.8. The maximum atomic E-state index is 4.94. The van der Waals surface area contributed by atoms with Gasteiger partial charge in [-0.3, -0.25) is 4.99 Å². The average Bonchev–Trinajstić information content (AvgIpc) is 2.84. The van der Waals surface area contributed by atoms with Crippen LogP contribution in [0.25, 0.3) is 5.57 Å². The molecule has 1 N–H and O–H groups in total. The highest BCUT2D eigenvalue weighted by atomic mass is 14.8. The Labute approximate surface area is 148 Å². The molecule has 1 aromatic rings. The Balaban J connectivity index is 2.68. The van der Waals surface area contributed by atoms with Gasteiger partial charge in [-0.2, -0.15) is 0 Å². The van der Waals surface area contributed by atoms with Crippen molar-refractivity contribution >= 4 is 11.3 Å². The minimum Gasteiger partial charge on any atom is -0.358 e. The highest BCUT2D eigenvalue weighted by Gasteiger charge is 2.30. The molecule has 0 unspecified atom stereocenters. The molecule has 0 atom stereocenters. The molecule has 0 aromatic carbocycles. The molecule has 0 radical (unpaired) electrons. The van der Waals surface area contributed by atoms with Gasteiger partial charge in [-0.25, -0.2) is 0 Å². The zero-order valence-corrected chi connectivity index (χ0v) is 17.4. The Kier molecular flexibility index (Phi) is 4.50. The molecule has 1 aromatic heterocycles. The van der Waals surface area contributed by atoms with Crippen LogP contribution < -0.4 is 0 Å². The van der Waals surface area contributed by atoms with E-state index < -0.39 is 0 Å². The number of rotatable bonds is 1. The molecule has 132 valence electrons. The van der Waals surface area contributed by atoms with E-state index in [1.54, 1.807) is 0 Å². The smallest absolute Gasteiger partial charge is 0.0715 e. The minimum absolute atomic E-state index is 0.122. The molecule has 2 heterocycles. The van der Waals surface area contributed by atoms with Crippen molar-refractivity contribution in [2.24, 2.45) is 10.4 Å². The van der Waals surface area contributed by atoms with Gasteiger partial charge in [0.2, 0.25) is 0 Å². The molecule has 2 rings (SSSR count). The predicted molar refractivity (Wildman–Crippen MR) is 107 cm³/mol. The summed E-state index contributed by atoms with van der Waals surface area (Å²) in [4.78, 5) is 8.57. The van der Waals surface area contributed by atoms with Crippen LogP contribution in [0.15, 0.2) is 21.8 Å². The van der Waals surface area contributed by atoms with Crippen molar-refractivity contribution in [2.45, 2.75) is 81.6 Å². The van der Waals surface area contributed by atoms with Crippen LogP contribution in [0.1, 0.15) is 84.8 Å². The summed E-state index contributed by atoms with van der Waals surface area (Å²) in [6.07, 6.45) is 0. The molecule has 2 nitrogen and oxygen atoms in total. The van der Waals surface area contributed by atoms with Gasteiger partial charge in [-0.1, -0.05) is 41.5 Å². The number of allylic oxidation sites excluding steroid dienone is 3. The van der Waals surface area contributed by atoms with Crippen molar-refractivity contribution in [3.05, 3.63) is 39.4 Å². The van der Waals surface area contributed by atoms with Crippen molar-refractivity contribution < 1.29 is 0 Å². The van der Waals surface area contributed by atoms with Gasteiger partial charge in [0, 0.05) is 17.1 Å². The molecule has 0 fully saturated rings. The van der Waals surface area contributed by atoms with Gasteiger partial charge in [0.1, 0.15) is 0 Å². The van der Waals surface area contributed by atoms with Crippen molar-refractivity contribution in [3.8, 4) is 0 Å². The lowest BCUT2D eigenvalue weighted by molar-refractivity contribution is 0.522. The number of nitrogens with one attached hydrogen (secondary N) is 1. The number of hydrogen-bond donors (Lipinski definition) is 1. The van der Waals surface area contributed by atoms with E-state index in [9.17, 15) is 0 Å². The van der Waals surface area contributed by atoms with Crippen molar-refractivity contribution in [2.75, 3.05) is 0 Å². The highest BCUT2D eigenvalue weighted by molar-refractivity contribution is 6.05. The SMILES string of the molecule is CC1=N/C(=C(\C)c2[nH]c(C)c(C(C)(C)C)c2C)C(C)=C1C(C)(C)C. The van der Waals surface area contributed by atoms with E-state index in [4.69, 9.17) is 4.99 Å². The lowest BCUT2D eigenvalue weighted by atomic mass is 9.81. The molecule has 1 aliphatic heterocycles. The predicted octanol–water partition coefficient (Wildman–Crippen LogP) is 6.50. The quantitative estimate of drug-likeness (QED) is 0.610. The van der Waals surface area contributed by atoms with Crippen molar-refractivity contribution in [1.82, 2.24) is 4.98 Å². The largest absolute Gasteiger partial charge is 0.358 e. The molecule has 0 amide bonds. The van der Waals surface area contributed by atoms with E-state index in [0.717, 1.165) is 11.4 Å². The van der Waals surface area contributed by atoms with E-state index in [-0.39, 0.29) is 10.8 Å². The van der Waals surface area contributed by atoms with Gasteiger partial charge in [0.15, 0.2) is 0 Å². The molecule has 0 aliphatic carbocycles. The summed E-state index contributed by atoms with van der Waals surface area (Å²) in [5, 5.41) is 0. The molecule has 0 bridgehead atoms. The number of aromatic amines is 1. The van der Waals surface area contributed by atoms with Gasteiger partial charge >= 0.3 is 0 Å². The Hall–Kier alpha value is -1.57. The molecule has 24 heavy (non-hydrogen) atoms. The van der Waals surface area contributed by atoms with Gasteiger partial charge in [-0.15, -0.1) is 0 Å². The number of H-pyrrole nitrogens is 1. The Bertz CT molecular complexity index is 766. The molecule has 2 heteroatoms. The zero-order valence-electron chi connectivity index (χ0n) is 17.4. The van der Waals surface area contributed by atoms with Crippen LogP contribution >= 0.6 is 0 Å². The third-order valence-corrected chi connectivity index (χ3v) is 5.04. The second-order valence-electron chi connectivity index (χ2n) is 9.30. The van der Waals surface area contributed by atoms with E-state index in [2.05, 4.69) is 81.1 Å². The summed E-state index contributed by atoms with van der Waals surface area (Å²) < 4.78 is 0. The maximum absolute atomic E-state index is 4.94. The molecule has 1 aliphatic rings. The van der Waals surface area contributed by atoms with Crippen LogP contribution in [0.5, 0.6) is 0 Å². The van der Waals surface area contributed by atoms with Gasteiger partial charge in [0.25, 0.3) is 0 Å². The lowest BCUT2D eigenvalue weighted by Crippen LogP contribution is -2.15. The van der Waals surface area contributed by atoms with Crippen molar-refractivity contribution in [1.29, 1.82) is 0 Å². The third kappa shape index (κ3) is 3.03. The summed E-state index contributed by atoms with van der Waals surface area (Å²) in [6.45, 7) is 24.6. The Morgan fingerprint density at radius 2 is 1.42 bits per heavy atom. The normalized spacial score (nSPS) is 18.4. The Morgan fingerprint density at radius 1 is 0.875 bits per heavy atom. The van der Waals surface area contributed by atoms with Crippen LogP contribution in [0, 0.1) is 19.3 Å². The molecule has 0 saturated heterocycles. The molecular weight excluding hydrogens is 292 g/mol. The molecular formula is C22H34N2. The lowest BCUT2D eigenvalue weighted by Gasteiger charge is -2.22. The zero-order chi connectivity index (χ0) is 18.6. The first-order valence-corrected chi connectivity index (χ1v) is 8.95. The van der Waals surface area contributed by atoms with E-state index in [1.165, 1.54) is 39.2 Å². The van der Waals surface area contributed by atoms with E-state index in [0.29, 0.717) is 0 Å². The summed E-state index contributed by atoms with van der Waals surface area (Å²) in [6, 6.07) is 0. The summed E-state index contributed by atoms with van der Waals surface area (Å²) in [5.41, 5.74) is 11.8. The van der Waals surface area contributed by atoms with Crippen LogP contribution in [0.4, 0.5) is 0 Å². The molecule has 0 spiro atoms. The van der Waals surface area contributed by atoms with Gasteiger partial charge in [0.05, 0.1) is 5.70 Å². The second kappa shape index (κ2) is 5.75. The second-order valence-corrected chi connectivity index (χ2v) is 9.30. The Morgan fingerprint density at radius 3 is 1.79 bits per heavy atom. The summed E-state index contributed by atoms with van der Waals surface area (Å²) in [5.74, 6) is 0. The third-order valence-electron chi connectivity index (χ3n) is 5.04. The van der Waals surface area contributed by atoms with Gasteiger partial charge in [-0.05, 0) is 73.3 Å². The van der Waals surface area contributed by atoms with Crippen LogP contribution in [-0.2, 0) is 5.41 Å². The fourth-order valence-electron chi connectivity index (χ4n) is 4.54.